The van der Waals surface area contributed by atoms with Crippen molar-refractivity contribution in [1.82, 2.24) is 5.32 Å². The van der Waals surface area contributed by atoms with Gasteiger partial charge in [-0.25, -0.2) is 0 Å². The van der Waals surface area contributed by atoms with E-state index >= 15 is 0 Å². The molecule has 1 aromatic rings. The number of amides is 1. The molecule has 0 saturated heterocycles. The molecule has 1 N–H and O–H groups in total. The lowest BCUT2D eigenvalue weighted by Crippen LogP contribution is -2.24. The highest BCUT2D eigenvalue weighted by Gasteiger charge is 2.05. The van der Waals surface area contributed by atoms with Crippen LogP contribution in [0.5, 0.6) is 0 Å². The molecule has 0 saturated carbocycles. The van der Waals surface area contributed by atoms with Gasteiger partial charge in [0.05, 0.1) is 0 Å². The zero-order chi connectivity index (χ0) is 13.2. The summed E-state index contributed by atoms with van der Waals surface area (Å²) in [7, 11) is 0. The standard InChI is InChI=1S/C16H21NO/c1-3-8-16(18)17-12-11-14(4-2)13-15-9-6-5-7-10-15/h3-10,14H,2,11-13H2,1H3,(H,17,18). The molecule has 0 spiro atoms. The van der Waals surface area contributed by atoms with Gasteiger partial charge in [-0.2, -0.15) is 0 Å². The molecule has 0 aliphatic carbocycles. The Morgan fingerprint density at radius 2 is 2.11 bits per heavy atom. The fourth-order valence-corrected chi connectivity index (χ4v) is 1.81. The highest BCUT2D eigenvalue weighted by atomic mass is 16.1. The molecule has 18 heavy (non-hydrogen) atoms. The van der Waals surface area contributed by atoms with Gasteiger partial charge < -0.3 is 5.32 Å². The number of hydrogen-bond acceptors (Lipinski definition) is 1. The highest BCUT2D eigenvalue weighted by Crippen LogP contribution is 2.12. The summed E-state index contributed by atoms with van der Waals surface area (Å²) < 4.78 is 0. The molecule has 2 nitrogen and oxygen atoms in total. The molecule has 0 heterocycles. The molecule has 0 aliphatic rings. The number of rotatable bonds is 7. The molecule has 1 aromatic carbocycles. The smallest absolute Gasteiger partial charge is 0.243 e. The third-order valence-corrected chi connectivity index (χ3v) is 2.81. The molecule has 0 aromatic heterocycles. The lowest BCUT2D eigenvalue weighted by atomic mass is 9.96. The summed E-state index contributed by atoms with van der Waals surface area (Å²) in [6.45, 7) is 6.39. The van der Waals surface area contributed by atoms with Crippen molar-refractivity contribution in [2.75, 3.05) is 6.54 Å². The number of nitrogens with one attached hydrogen (secondary N) is 1. The van der Waals surface area contributed by atoms with Gasteiger partial charge in [0.15, 0.2) is 0 Å². The monoisotopic (exact) mass is 243 g/mol. The van der Waals surface area contributed by atoms with Crippen LogP contribution in [0.15, 0.2) is 55.1 Å². The quantitative estimate of drug-likeness (QED) is 0.578. The van der Waals surface area contributed by atoms with Crippen molar-refractivity contribution in [3.63, 3.8) is 0 Å². The van der Waals surface area contributed by atoms with Crippen molar-refractivity contribution in [3.05, 3.63) is 60.7 Å². The Kier molecular flexibility index (Phi) is 6.55. The van der Waals surface area contributed by atoms with Crippen LogP contribution in [0.1, 0.15) is 18.9 Å². The fourth-order valence-electron chi connectivity index (χ4n) is 1.81. The largest absolute Gasteiger partial charge is 0.353 e. The Morgan fingerprint density at radius 3 is 2.72 bits per heavy atom. The maximum absolute atomic E-state index is 11.2. The van der Waals surface area contributed by atoms with Gasteiger partial charge in [0.2, 0.25) is 5.91 Å². The third kappa shape index (κ3) is 5.48. The van der Waals surface area contributed by atoms with Crippen molar-refractivity contribution >= 4 is 5.91 Å². The molecule has 96 valence electrons. The second-order valence-electron chi connectivity index (χ2n) is 4.27. The molecule has 0 bridgehead atoms. The van der Waals surface area contributed by atoms with Gasteiger partial charge in [0, 0.05) is 6.54 Å². The van der Waals surface area contributed by atoms with E-state index in [1.165, 1.54) is 5.56 Å². The van der Waals surface area contributed by atoms with Gasteiger partial charge in [-0.15, -0.1) is 6.58 Å². The predicted molar refractivity (Wildman–Crippen MR) is 76.3 cm³/mol. The summed E-state index contributed by atoms with van der Waals surface area (Å²) in [5, 5.41) is 2.86. The molecule has 1 unspecified atom stereocenters. The lowest BCUT2D eigenvalue weighted by molar-refractivity contribution is -0.116. The molecular formula is C16H21NO. The topological polar surface area (TPSA) is 29.1 Å². The van der Waals surface area contributed by atoms with Gasteiger partial charge in [0.25, 0.3) is 0 Å². The first-order valence-corrected chi connectivity index (χ1v) is 6.33. The van der Waals surface area contributed by atoms with Crippen molar-refractivity contribution in [2.24, 2.45) is 5.92 Å². The summed E-state index contributed by atoms with van der Waals surface area (Å²) in [5.41, 5.74) is 1.31. The molecule has 1 rings (SSSR count). The average Bonchev–Trinajstić information content (AvgIpc) is 2.39. The Morgan fingerprint density at radius 1 is 1.39 bits per heavy atom. The van der Waals surface area contributed by atoms with Crippen LogP contribution in [0.3, 0.4) is 0 Å². The Balaban J connectivity index is 2.34. The van der Waals surface area contributed by atoms with Crippen LogP contribution in [0.25, 0.3) is 0 Å². The molecule has 1 atom stereocenters. The van der Waals surface area contributed by atoms with E-state index in [9.17, 15) is 4.79 Å². The van der Waals surface area contributed by atoms with Crippen molar-refractivity contribution in [2.45, 2.75) is 19.8 Å². The van der Waals surface area contributed by atoms with Crippen LogP contribution in [0.4, 0.5) is 0 Å². The third-order valence-electron chi connectivity index (χ3n) is 2.81. The molecular weight excluding hydrogens is 222 g/mol. The van der Waals surface area contributed by atoms with Crippen molar-refractivity contribution in [1.29, 1.82) is 0 Å². The van der Waals surface area contributed by atoms with E-state index in [0.717, 1.165) is 12.8 Å². The van der Waals surface area contributed by atoms with Gasteiger partial charge in [-0.3, -0.25) is 4.79 Å². The van der Waals surface area contributed by atoms with Gasteiger partial charge in [-0.1, -0.05) is 42.5 Å². The van der Waals surface area contributed by atoms with Crippen LogP contribution in [-0.2, 0) is 11.2 Å². The van der Waals surface area contributed by atoms with E-state index < -0.39 is 0 Å². The van der Waals surface area contributed by atoms with E-state index in [4.69, 9.17) is 0 Å². The summed E-state index contributed by atoms with van der Waals surface area (Å²) >= 11 is 0. The highest BCUT2D eigenvalue weighted by molar-refractivity contribution is 5.87. The Hall–Kier alpha value is -1.83. The second kappa shape index (κ2) is 8.29. The van der Waals surface area contributed by atoms with Gasteiger partial charge in [-0.05, 0) is 37.3 Å². The van der Waals surface area contributed by atoms with Crippen molar-refractivity contribution in [3.8, 4) is 0 Å². The van der Waals surface area contributed by atoms with Crippen LogP contribution in [0.2, 0.25) is 0 Å². The summed E-state index contributed by atoms with van der Waals surface area (Å²) in [4.78, 5) is 11.2. The molecule has 0 fully saturated rings. The van der Waals surface area contributed by atoms with E-state index in [2.05, 4.69) is 24.0 Å². The molecule has 1 amide bonds. The Labute approximate surface area is 109 Å². The van der Waals surface area contributed by atoms with Crippen LogP contribution < -0.4 is 5.32 Å². The fraction of sp³-hybridized carbons (Fsp3) is 0.312. The van der Waals surface area contributed by atoms with Crippen LogP contribution in [-0.4, -0.2) is 12.5 Å². The zero-order valence-corrected chi connectivity index (χ0v) is 10.9. The van der Waals surface area contributed by atoms with Gasteiger partial charge in [0.1, 0.15) is 0 Å². The van der Waals surface area contributed by atoms with Crippen molar-refractivity contribution < 1.29 is 4.79 Å². The molecule has 0 radical (unpaired) electrons. The maximum Gasteiger partial charge on any atom is 0.243 e. The van der Waals surface area contributed by atoms with Gasteiger partial charge >= 0.3 is 0 Å². The predicted octanol–water partition coefficient (Wildman–Crippen LogP) is 3.11. The lowest BCUT2D eigenvalue weighted by Gasteiger charge is -2.12. The van der Waals surface area contributed by atoms with E-state index in [0.29, 0.717) is 12.5 Å². The summed E-state index contributed by atoms with van der Waals surface area (Å²) in [6, 6.07) is 10.3. The molecule has 0 aliphatic heterocycles. The summed E-state index contributed by atoms with van der Waals surface area (Å²) in [6.07, 6.45) is 7.14. The molecule has 2 heteroatoms. The first-order valence-electron chi connectivity index (χ1n) is 6.33. The number of carbonyl (C=O) groups excluding carboxylic acids is 1. The Bertz CT molecular complexity index is 395. The average molecular weight is 243 g/mol. The SMILES string of the molecule is C=CC(CCNC(=O)C=CC)Cc1ccccc1. The number of carbonyl (C=O) groups is 1. The second-order valence-corrected chi connectivity index (χ2v) is 4.27. The summed E-state index contributed by atoms with van der Waals surface area (Å²) in [5.74, 6) is 0.373. The first kappa shape index (κ1) is 14.2. The first-order chi connectivity index (χ1) is 8.76. The minimum absolute atomic E-state index is 0.0278. The van der Waals surface area contributed by atoms with E-state index in [1.807, 2.05) is 31.2 Å². The normalized spacial score (nSPS) is 12.3. The minimum atomic E-state index is -0.0278. The number of benzene rings is 1. The maximum atomic E-state index is 11.2. The number of allylic oxidation sites excluding steroid dienone is 2. The van der Waals surface area contributed by atoms with E-state index in [1.54, 1.807) is 12.2 Å². The number of hydrogen-bond donors (Lipinski definition) is 1. The minimum Gasteiger partial charge on any atom is -0.353 e. The van der Waals surface area contributed by atoms with E-state index in [-0.39, 0.29) is 5.91 Å². The van der Waals surface area contributed by atoms with Crippen LogP contribution >= 0.6 is 0 Å². The van der Waals surface area contributed by atoms with Crippen LogP contribution in [0, 0.1) is 5.92 Å². The zero-order valence-electron chi connectivity index (χ0n) is 10.9.